The first kappa shape index (κ1) is 12.4. The van der Waals surface area contributed by atoms with Gasteiger partial charge in [0.2, 0.25) is 0 Å². The maximum Gasteiger partial charge on any atom is 0.414 e. The second-order valence-corrected chi connectivity index (χ2v) is 3.98. The Morgan fingerprint density at radius 1 is 1.39 bits per heavy atom. The molecule has 1 amide bonds. The molecule has 0 aliphatic carbocycles. The summed E-state index contributed by atoms with van der Waals surface area (Å²) in [6.45, 7) is 2.67. The average Bonchev–Trinajstić information content (AvgIpc) is 2.40. The molecule has 2 rings (SSSR count). The van der Waals surface area contributed by atoms with Crippen LogP contribution < -0.4 is 0 Å². The lowest BCUT2D eigenvalue weighted by molar-refractivity contribution is 0.126. The van der Waals surface area contributed by atoms with E-state index in [1.54, 1.807) is 19.3 Å². The monoisotopic (exact) mass is 244 g/mol. The molecule has 1 aliphatic heterocycles. The molecule has 1 aromatic carbocycles. The van der Waals surface area contributed by atoms with E-state index in [4.69, 9.17) is 4.74 Å². The van der Waals surface area contributed by atoms with Gasteiger partial charge in [-0.1, -0.05) is 30.3 Å². The third-order valence-electron chi connectivity index (χ3n) is 2.61. The van der Waals surface area contributed by atoms with Crippen LogP contribution in [0.2, 0.25) is 0 Å². The van der Waals surface area contributed by atoms with E-state index in [1.165, 1.54) is 10.5 Å². The van der Waals surface area contributed by atoms with E-state index in [9.17, 15) is 4.79 Å². The number of amides is 1. The highest BCUT2D eigenvalue weighted by atomic mass is 16.6. The minimum atomic E-state index is -0.325. The van der Waals surface area contributed by atoms with Gasteiger partial charge in [-0.2, -0.15) is 0 Å². The Morgan fingerprint density at radius 3 is 2.89 bits per heavy atom. The molecule has 0 saturated carbocycles. The van der Waals surface area contributed by atoms with Crippen LogP contribution in [0.1, 0.15) is 12.5 Å². The molecule has 1 aromatic rings. The number of carbonyl (C=O) groups is 1. The van der Waals surface area contributed by atoms with Crippen LogP contribution in [0.25, 0.3) is 0 Å². The van der Waals surface area contributed by atoms with E-state index in [1.807, 2.05) is 18.2 Å². The van der Waals surface area contributed by atoms with E-state index >= 15 is 0 Å². The Labute approximate surface area is 107 Å². The van der Waals surface area contributed by atoms with Crippen LogP contribution in [0.4, 0.5) is 4.79 Å². The molecule has 4 heteroatoms. The summed E-state index contributed by atoms with van der Waals surface area (Å²) < 4.78 is 4.96. The number of nitrogens with zero attached hydrogens (tertiary/aromatic N) is 2. The van der Waals surface area contributed by atoms with Crippen LogP contribution in [0, 0.1) is 0 Å². The first-order valence-electron chi connectivity index (χ1n) is 5.99. The van der Waals surface area contributed by atoms with E-state index in [-0.39, 0.29) is 6.09 Å². The van der Waals surface area contributed by atoms with Gasteiger partial charge in [0.25, 0.3) is 0 Å². The van der Waals surface area contributed by atoms with Crippen molar-refractivity contribution < 1.29 is 9.53 Å². The van der Waals surface area contributed by atoms with Gasteiger partial charge in [-0.15, -0.1) is 0 Å². The fourth-order valence-electron chi connectivity index (χ4n) is 1.77. The van der Waals surface area contributed by atoms with Gasteiger partial charge in [-0.25, -0.2) is 4.79 Å². The van der Waals surface area contributed by atoms with Crippen molar-refractivity contribution in [3.05, 3.63) is 48.3 Å². The molecule has 0 atom stereocenters. The third kappa shape index (κ3) is 3.20. The minimum absolute atomic E-state index is 0.325. The summed E-state index contributed by atoms with van der Waals surface area (Å²) in [5.41, 5.74) is 2.15. The molecule has 0 aromatic heterocycles. The first-order chi connectivity index (χ1) is 8.79. The standard InChI is InChI=1S/C14H16N2O2/c1-2-18-14(17)16-9-8-15-13(11-16)10-12-6-4-3-5-7-12/h3-9H,2,10-11H2,1H3. The first-order valence-corrected chi connectivity index (χ1v) is 5.99. The Hall–Kier alpha value is -2.10. The number of rotatable bonds is 3. The number of benzene rings is 1. The molecule has 1 aliphatic rings. The SMILES string of the molecule is CCOC(=O)N1C=CN=C(Cc2ccccc2)C1. The summed E-state index contributed by atoms with van der Waals surface area (Å²) in [7, 11) is 0. The van der Waals surface area contributed by atoms with Crippen LogP contribution in [0.5, 0.6) is 0 Å². The van der Waals surface area contributed by atoms with Crippen molar-refractivity contribution in [2.75, 3.05) is 13.2 Å². The van der Waals surface area contributed by atoms with Crippen LogP contribution >= 0.6 is 0 Å². The summed E-state index contributed by atoms with van der Waals surface area (Å²) in [4.78, 5) is 17.4. The zero-order valence-electron chi connectivity index (χ0n) is 10.4. The lowest BCUT2D eigenvalue weighted by Crippen LogP contribution is -2.34. The average molecular weight is 244 g/mol. The quantitative estimate of drug-likeness (QED) is 0.820. The van der Waals surface area contributed by atoms with E-state index < -0.39 is 0 Å². The Morgan fingerprint density at radius 2 is 2.17 bits per heavy atom. The summed E-state index contributed by atoms with van der Waals surface area (Å²) >= 11 is 0. The molecule has 0 saturated heterocycles. The highest BCUT2D eigenvalue weighted by Crippen LogP contribution is 2.08. The van der Waals surface area contributed by atoms with E-state index in [2.05, 4.69) is 17.1 Å². The minimum Gasteiger partial charge on any atom is -0.449 e. The maximum atomic E-state index is 11.6. The normalized spacial score (nSPS) is 14.3. The van der Waals surface area contributed by atoms with Gasteiger partial charge in [0, 0.05) is 24.5 Å². The molecule has 0 bridgehead atoms. The second-order valence-electron chi connectivity index (χ2n) is 3.98. The number of aliphatic imine (C=N–C) groups is 1. The van der Waals surface area contributed by atoms with Crippen molar-refractivity contribution >= 4 is 11.8 Å². The fraction of sp³-hybridized carbons (Fsp3) is 0.286. The van der Waals surface area contributed by atoms with Crippen molar-refractivity contribution in [2.45, 2.75) is 13.3 Å². The lowest BCUT2D eigenvalue weighted by atomic mass is 10.1. The van der Waals surface area contributed by atoms with Crippen LogP contribution in [-0.2, 0) is 11.2 Å². The van der Waals surface area contributed by atoms with Gasteiger partial charge < -0.3 is 4.74 Å². The molecule has 0 radical (unpaired) electrons. The topological polar surface area (TPSA) is 41.9 Å². The molecule has 0 N–H and O–H groups in total. The molecule has 94 valence electrons. The summed E-state index contributed by atoms with van der Waals surface area (Å²) in [6.07, 6.45) is 3.71. The number of ether oxygens (including phenoxy) is 1. The predicted molar refractivity (Wildman–Crippen MR) is 70.4 cm³/mol. The summed E-state index contributed by atoms with van der Waals surface area (Å²) in [5.74, 6) is 0. The van der Waals surface area contributed by atoms with Crippen molar-refractivity contribution in [3.8, 4) is 0 Å². The van der Waals surface area contributed by atoms with Gasteiger partial charge >= 0.3 is 6.09 Å². The highest BCUT2D eigenvalue weighted by Gasteiger charge is 2.16. The van der Waals surface area contributed by atoms with Crippen molar-refractivity contribution in [1.82, 2.24) is 4.90 Å². The smallest absolute Gasteiger partial charge is 0.414 e. The Kier molecular flexibility index (Phi) is 4.12. The molecule has 0 spiro atoms. The van der Waals surface area contributed by atoms with E-state index in [0.29, 0.717) is 13.2 Å². The fourth-order valence-corrected chi connectivity index (χ4v) is 1.77. The largest absolute Gasteiger partial charge is 0.449 e. The van der Waals surface area contributed by atoms with Crippen LogP contribution in [0.15, 0.2) is 47.7 Å². The zero-order chi connectivity index (χ0) is 12.8. The molecule has 1 heterocycles. The number of hydrogen-bond donors (Lipinski definition) is 0. The predicted octanol–water partition coefficient (Wildman–Crippen LogP) is 2.61. The zero-order valence-corrected chi connectivity index (χ0v) is 10.4. The van der Waals surface area contributed by atoms with E-state index in [0.717, 1.165) is 12.1 Å². The molecular weight excluding hydrogens is 228 g/mol. The van der Waals surface area contributed by atoms with Gasteiger partial charge in [0.1, 0.15) is 0 Å². The van der Waals surface area contributed by atoms with Crippen molar-refractivity contribution in [3.63, 3.8) is 0 Å². The molecule has 4 nitrogen and oxygen atoms in total. The molecular formula is C14H16N2O2. The van der Waals surface area contributed by atoms with Crippen LogP contribution in [0.3, 0.4) is 0 Å². The molecule has 18 heavy (non-hydrogen) atoms. The van der Waals surface area contributed by atoms with Gasteiger partial charge in [0.05, 0.1) is 13.2 Å². The second kappa shape index (κ2) is 6.00. The van der Waals surface area contributed by atoms with Gasteiger partial charge in [-0.05, 0) is 12.5 Å². The molecule has 0 unspecified atom stereocenters. The number of hydrogen-bond acceptors (Lipinski definition) is 3. The van der Waals surface area contributed by atoms with Crippen molar-refractivity contribution in [2.24, 2.45) is 4.99 Å². The van der Waals surface area contributed by atoms with Gasteiger partial charge in [0.15, 0.2) is 0 Å². The third-order valence-corrected chi connectivity index (χ3v) is 2.61. The Balaban J connectivity index is 1.97. The summed E-state index contributed by atoms with van der Waals surface area (Å²) in [6, 6.07) is 10.1. The lowest BCUT2D eigenvalue weighted by Gasteiger charge is -2.21. The maximum absolute atomic E-state index is 11.6. The highest BCUT2D eigenvalue weighted by molar-refractivity contribution is 5.92. The summed E-state index contributed by atoms with van der Waals surface area (Å²) in [5, 5.41) is 0. The number of carbonyl (C=O) groups excluding carboxylic acids is 1. The van der Waals surface area contributed by atoms with Gasteiger partial charge in [-0.3, -0.25) is 9.89 Å². The van der Waals surface area contributed by atoms with Crippen LogP contribution in [-0.4, -0.2) is 29.9 Å². The van der Waals surface area contributed by atoms with Crippen molar-refractivity contribution in [1.29, 1.82) is 0 Å². The molecule has 0 fully saturated rings. The Bertz CT molecular complexity index is 466.